The summed E-state index contributed by atoms with van der Waals surface area (Å²) in [4.78, 5) is 0. The van der Waals surface area contributed by atoms with Gasteiger partial charge in [0.15, 0.2) is 0 Å². The van der Waals surface area contributed by atoms with Gasteiger partial charge in [0.2, 0.25) is 0 Å². The van der Waals surface area contributed by atoms with Gasteiger partial charge < -0.3 is 0 Å². The van der Waals surface area contributed by atoms with Gasteiger partial charge in [-0.2, -0.15) is 0 Å². The summed E-state index contributed by atoms with van der Waals surface area (Å²) in [5.74, 6) is 0. The fourth-order valence-corrected chi connectivity index (χ4v) is 0. The Hall–Kier alpha value is 1.79. The van der Waals surface area contributed by atoms with E-state index in [1.165, 1.54) is 0 Å². The van der Waals surface area contributed by atoms with Crippen molar-refractivity contribution in [1.82, 2.24) is 0 Å². The van der Waals surface area contributed by atoms with Crippen LogP contribution in [0.4, 0.5) is 0 Å². The second kappa shape index (κ2) is 21.5. The molecule has 0 aliphatic heterocycles. The molecule has 0 aromatic carbocycles. The number of hydrogen-bond donors (Lipinski definition) is 0. The second-order valence-electron chi connectivity index (χ2n) is 0. The molecule has 8 radical (unpaired) electrons. The molecule has 0 aliphatic carbocycles. The summed E-state index contributed by atoms with van der Waals surface area (Å²) in [5.41, 5.74) is 0. The Morgan fingerprint density at radius 3 is 1.00 bits per heavy atom. The van der Waals surface area contributed by atoms with Crippen LogP contribution in [0.1, 0.15) is 0 Å². The first-order valence-electron chi connectivity index (χ1n) is 0. The summed E-state index contributed by atoms with van der Waals surface area (Å²) >= 11 is 0. The monoisotopic (exact) mass is 174 g/mol. The summed E-state index contributed by atoms with van der Waals surface area (Å²) in [6.45, 7) is 0. The van der Waals surface area contributed by atoms with Crippen LogP contribution in [0.3, 0.4) is 0 Å². The van der Waals surface area contributed by atoms with Gasteiger partial charge in [0.25, 0.3) is 0 Å². The Morgan fingerprint density at radius 2 is 1.00 bits per heavy atom. The van der Waals surface area contributed by atoms with E-state index in [4.69, 9.17) is 0 Å². The third kappa shape index (κ3) is 9.21. The first-order chi connectivity index (χ1) is 0. The molecule has 0 N–H and O–H groups in total. The summed E-state index contributed by atoms with van der Waals surface area (Å²) < 4.78 is 0. The van der Waals surface area contributed by atoms with E-state index in [0.717, 1.165) is 0 Å². The SMILES string of the molecule is [Al].[Cu].[Fe].[Si]. The van der Waals surface area contributed by atoms with Gasteiger partial charge in [-0.05, 0) is 0 Å². The molecule has 0 aromatic heterocycles. The molecule has 0 saturated carbocycles. The summed E-state index contributed by atoms with van der Waals surface area (Å²) in [7, 11) is 0. The van der Waals surface area contributed by atoms with Gasteiger partial charge in [-0.25, -0.2) is 0 Å². The van der Waals surface area contributed by atoms with Gasteiger partial charge in [-0.15, -0.1) is 0 Å². The van der Waals surface area contributed by atoms with Crippen LogP contribution in [0, 0.1) is 0 Å². The first kappa shape index (κ1) is 41.5. The molecule has 0 atom stereocenters. The van der Waals surface area contributed by atoms with E-state index in [1.807, 2.05) is 0 Å². The van der Waals surface area contributed by atoms with Gasteiger partial charge in [-0.1, -0.05) is 0 Å². The minimum atomic E-state index is 0. The van der Waals surface area contributed by atoms with E-state index in [-0.39, 0.29) is 62.5 Å². The van der Waals surface area contributed by atoms with Crippen LogP contribution in [-0.4, -0.2) is 28.3 Å². The molecular formula is AlCuFeSi. The largest absolute Gasteiger partial charge is 0 e. The van der Waals surface area contributed by atoms with Crippen molar-refractivity contribution in [1.29, 1.82) is 0 Å². The van der Waals surface area contributed by atoms with Crippen LogP contribution in [0.5, 0.6) is 0 Å². The molecule has 0 unspecified atom stereocenters. The molecule has 0 aromatic rings. The molecule has 0 amide bonds. The maximum Gasteiger partial charge on any atom is 0 e. The zero-order valence-electron chi connectivity index (χ0n) is 1.73. The van der Waals surface area contributed by atoms with Crippen molar-refractivity contribution in [2.45, 2.75) is 0 Å². The van der Waals surface area contributed by atoms with E-state index < -0.39 is 0 Å². The minimum absolute atomic E-state index is 0. The van der Waals surface area contributed by atoms with Gasteiger partial charge >= 0.3 is 0 Å². The molecule has 0 saturated heterocycles. The molecule has 0 spiro atoms. The number of hydrogen-bond acceptors (Lipinski definition) is 0. The normalized spacial score (nSPS) is 0. The Kier molecular flexibility index (Phi) is 223. The third-order valence-corrected chi connectivity index (χ3v) is 0. The number of rotatable bonds is 0. The zero-order chi connectivity index (χ0) is 0. The van der Waals surface area contributed by atoms with E-state index in [1.54, 1.807) is 0 Å². The molecule has 0 rings (SSSR count). The van der Waals surface area contributed by atoms with Crippen LogP contribution in [0.2, 0.25) is 0 Å². The molecule has 4 heteroatoms. The molecular weight excluding hydrogens is 174 g/mol. The Balaban J connectivity index is 0. The van der Waals surface area contributed by atoms with E-state index >= 15 is 0 Å². The Bertz CT molecular complexity index is 8.00. The first-order valence-corrected chi connectivity index (χ1v) is 0. The van der Waals surface area contributed by atoms with Gasteiger partial charge in [0, 0.05) is 62.5 Å². The van der Waals surface area contributed by atoms with E-state index in [9.17, 15) is 0 Å². The van der Waals surface area contributed by atoms with Gasteiger partial charge in [0.05, 0.1) is 0 Å². The van der Waals surface area contributed by atoms with Crippen molar-refractivity contribution in [3.8, 4) is 0 Å². The quantitative estimate of drug-likeness (QED) is 0.423. The average molecular weight is 174 g/mol. The molecule has 0 bridgehead atoms. The van der Waals surface area contributed by atoms with Crippen LogP contribution >= 0.6 is 0 Å². The van der Waals surface area contributed by atoms with Crippen molar-refractivity contribution in [2.75, 3.05) is 0 Å². The summed E-state index contributed by atoms with van der Waals surface area (Å²) in [6.07, 6.45) is 0. The molecule has 0 heterocycles. The van der Waals surface area contributed by atoms with Crippen molar-refractivity contribution < 1.29 is 34.1 Å². The standard InChI is InChI=1S/Al.Cu.Fe.Si. The van der Waals surface area contributed by atoms with Crippen LogP contribution in [-0.2, 0) is 34.1 Å². The zero-order valence-corrected chi connectivity index (χ0v) is 5.93. The van der Waals surface area contributed by atoms with Crippen molar-refractivity contribution in [2.24, 2.45) is 0 Å². The van der Waals surface area contributed by atoms with Crippen molar-refractivity contribution in [3.63, 3.8) is 0 Å². The van der Waals surface area contributed by atoms with Crippen molar-refractivity contribution >= 4 is 28.3 Å². The molecule has 0 nitrogen and oxygen atoms in total. The summed E-state index contributed by atoms with van der Waals surface area (Å²) in [5, 5.41) is 0. The molecule has 0 fully saturated rings. The minimum Gasteiger partial charge on any atom is 0 e. The Labute approximate surface area is 62.2 Å². The maximum atomic E-state index is 0. The fraction of sp³-hybridized carbons (Fsp3) is 0. The van der Waals surface area contributed by atoms with Crippen LogP contribution in [0.25, 0.3) is 0 Å². The molecule has 26 valence electrons. The topological polar surface area (TPSA) is 0 Å². The van der Waals surface area contributed by atoms with E-state index in [2.05, 4.69) is 0 Å². The van der Waals surface area contributed by atoms with Crippen LogP contribution in [0.15, 0.2) is 0 Å². The van der Waals surface area contributed by atoms with E-state index in [0.29, 0.717) is 0 Å². The fourth-order valence-electron chi connectivity index (χ4n) is 0. The third-order valence-electron chi connectivity index (χ3n) is 0. The molecule has 4 heavy (non-hydrogen) atoms. The molecule has 0 aliphatic rings. The smallest absolute Gasteiger partial charge is 0 e. The summed E-state index contributed by atoms with van der Waals surface area (Å²) in [6, 6.07) is 0. The average Bonchev–Trinajstić information content (AvgIpc) is 0. The predicted octanol–water partition coefficient (Wildman–Crippen LogP) is -0.767. The maximum absolute atomic E-state index is 0. The Morgan fingerprint density at radius 1 is 1.00 bits per heavy atom. The van der Waals surface area contributed by atoms with Crippen LogP contribution < -0.4 is 0 Å². The van der Waals surface area contributed by atoms with Gasteiger partial charge in [0.1, 0.15) is 0 Å². The van der Waals surface area contributed by atoms with Gasteiger partial charge in [-0.3, -0.25) is 0 Å². The van der Waals surface area contributed by atoms with Crippen molar-refractivity contribution in [3.05, 3.63) is 0 Å². The second-order valence-corrected chi connectivity index (χ2v) is 0. The predicted molar refractivity (Wildman–Crippen MR) is 11.5 cm³/mol.